The van der Waals surface area contributed by atoms with E-state index in [0.29, 0.717) is 6.04 Å². The molecule has 0 radical (unpaired) electrons. The summed E-state index contributed by atoms with van der Waals surface area (Å²) in [7, 11) is 0. The smallest absolute Gasteiger partial charge is 0.0701 e. The number of likely N-dealkylation sites (N-methyl/N-ethyl adjacent to an activating group) is 1. The number of benzene rings is 1. The molecule has 0 spiro atoms. The average molecular weight is 403 g/mol. The quantitative estimate of drug-likeness (QED) is 0.698. The molecule has 102 valence electrons. The highest BCUT2D eigenvalue weighted by Gasteiger charge is 2.14. The third-order valence-corrected chi connectivity index (χ3v) is 5.23. The minimum atomic E-state index is 0.378. The van der Waals surface area contributed by atoms with Crippen molar-refractivity contribution in [2.75, 3.05) is 6.54 Å². The Hall–Kier alpha value is -0.160. The van der Waals surface area contributed by atoms with Crippen LogP contribution in [0.15, 0.2) is 38.6 Å². The van der Waals surface area contributed by atoms with Crippen LogP contribution in [0.5, 0.6) is 0 Å². The van der Waals surface area contributed by atoms with Gasteiger partial charge in [0, 0.05) is 21.8 Å². The first-order valence-corrected chi connectivity index (χ1v) is 8.74. The monoisotopic (exact) mass is 401 g/mol. The fraction of sp³-hybridized carbons (Fsp3) is 0.333. The van der Waals surface area contributed by atoms with E-state index in [1.165, 1.54) is 19.8 Å². The number of hydrogen-bond donors (Lipinski definition) is 1. The molecule has 0 saturated carbocycles. The topological polar surface area (TPSA) is 12.0 Å². The van der Waals surface area contributed by atoms with Crippen molar-refractivity contribution in [1.29, 1.82) is 0 Å². The van der Waals surface area contributed by atoms with Gasteiger partial charge in [-0.2, -0.15) is 0 Å². The van der Waals surface area contributed by atoms with E-state index >= 15 is 0 Å². The molecule has 1 N–H and O–H groups in total. The molecule has 4 heteroatoms. The molecule has 1 heterocycles. The molecule has 0 saturated heterocycles. The number of aryl methyl sites for hydroxylation is 1. The molecule has 1 nitrogen and oxygen atoms in total. The lowest BCUT2D eigenvalue weighted by Gasteiger charge is -2.20. The fourth-order valence-electron chi connectivity index (χ4n) is 2.23. The lowest BCUT2D eigenvalue weighted by Crippen LogP contribution is -2.23. The minimum absolute atomic E-state index is 0.378. The van der Waals surface area contributed by atoms with Crippen LogP contribution < -0.4 is 5.32 Å². The van der Waals surface area contributed by atoms with Gasteiger partial charge in [0.25, 0.3) is 0 Å². The number of rotatable bonds is 5. The fourth-order valence-corrected chi connectivity index (χ4v) is 4.24. The Morgan fingerprint density at radius 3 is 2.58 bits per heavy atom. The maximum Gasteiger partial charge on any atom is 0.0701 e. The van der Waals surface area contributed by atoms with Gasteiger partial charge in [0.1, 0.15) is 0 Å². The highest BCUT2D eigenvalue weighted by molar-refractivity contribution is 9.11. The second-order valence-corrected chi connectivity index (χ2v) is 7.98. The van der Waals surface area contributed by atoms with Crippen molar-refractivity contribution >= 4 is 43.2 Å². The molecular weight excluding hydrogens is 386 g/mol. The zero-order valence-electron chi connectivity index (χ0n) is 11.0. The van der Waals surface area contributed by atoms with Crippen molar-refractivity contribution in [1.82, 2.24) is 5.32 Å². The average Bonchev–Trinajstić information content (AvgIpc) is 2.74. The summed E-state index contributed by atoms with van der Waals surface area (Å²) in [5.74, 6) is 0. The van der Waals surface area contributed by atoms with Gasteiger partial charge < -0.3 is 5.32 Å². The molecule has 0 aliphatic rings. The van der Waals surface area contributed by atoms with Gasteiger partial charge in [-0.1, -0.05) is 28.9 Å². The molecule has 0 aliphatic carbocycles. The van der Waals surface area contributed by atoms with Crippen molar-refractivity contribution in [2.24, 2.45) is 0 Å². The van der Waals surface area contributed by atoms with Crippen LogP contribution in [0.1, 0.15) is 29.0 Å². The number of halogens is 2. The first-order valence-electron chi connectivity index (χ1n) is 6.33. The summed E-state index contributed by atoms with van der Waals surface area (Å²) >= 11 is 8.88. The zero-order chi connectivity index (χ0) is 13.8. The third-order valence-electron chi connectivity index (χ3n) is 3.09. The molecule has 2 rings (SSSR count). The lowest BCUT2D eigenvalue weighted by atomic mass is 9.98. The van der Waals surface area contributed by atoms with E-state index < -0.39 is 0 Å². The number of hydrogen-bond acceptors (Lipinski definition) is 2. The Kier molecular flexibility index (Phi) is 5.63. The third kappa shape index (κ3) is 4.15. The van der Waals surface area contributed by atoms with Crippen LogP contribution in [0.3, 0.4) is 0 Å². The summed E-state index contributed by atoms with van der Waals surface area (Å²) in [5.41, 5.74) is 2.71. The number of nitrogens with one attached hydrogen (secondary N) is 1. The Labute approximate surface area is 135 Å². The van der Waals surface area contributed by atoms with Gasteiger partial charge in [-0.25, -0.2) is 0 Å². The Morgan fingerprint density at radius 2 is 2.00 bits per heavy atom. The molecule has 2 aromatic rings. The van der Waals surface area contributed by atoms with Crippen molar-refractivity contribution < 1.29 is 0 Å². The highest BCUT2D eigenvalue weighted by atomic mass is 79.9. The van der Waals surface area contributed by atoms with Crippen molar-refractivity contribution in [3.05, 3.63) is 54.6 Å². The molecular formula is C15H17Br2NS. The van der Waals surface area contributed by atoms with E-state index in [4.69, 9.17) is 0 Å². The van der Waals surface area contributed by atoms with Gasteiger partial charge in [0.2, 0.25) is 0 Å². The van der Waals surface area contributed by atoms with Crippen molar-refractivity contribution in [3.63, 3.8) is 0 Å². The SMILES string of the molecule is CCNC(Cc1ccc(Br)s1)c1ccc(Br)cc1C. The van der Waals surface area contributed by atoms with Crippen LogP contribution in [0.2, 0.25) is 0 Å². The summed E-state index contributed by atoms with van der Waals surface area (Å²) in [4.78, 5) is 1.40. The maximum atomic E-state index is 3.59. The molecule has 19 heavy (non-hydrogen) atoms. The molecule has 1 atom stereocenters. The van der Waals surface area contributed by atoms with Crippen LogP contribution in [0, 0.1) is 6.92 Å². The number of thiophene rings is 1. The van der Waals surface area contributed by atoms with Crippen LogP contribution >= 0.6 is 43.2 Å². The predicted molar refractivity (Wildman–Crippen MR) is 91.0 cm³/mol. The summed E-state index contributed by atoms with van der Waals surface area (Å²) in [5, 5.41) is 3.59. The Balaban J connectivity index is 2.23. The standard InChI is InChI=1S/C15H17Br2NS/c1-3-18-14(9-12-5-7-15(17)19-12)13-6-4-11(16)8-10(13)2/h4-8,14,18H,3,9H2,1-2H3. The van der Waals surface area contributed by atoms with Gasteiger partial charge in [0.05, 0.1) is 3.79 Å². The summed E-state index contributed by atoms with van der Waals surface area (Å²) in [6, 6.07) is 11.2. The van der Waals surface area contributed by atoms with Gasteiger partial charge in [-0.3, -0.25) is 0 Å². The maximum absolute atomic E-state index is 3.59. The predicted octanol–water partition coefficient (Wildman–Crippen LogP) is 5.47. The van der Waals surface area contributed by atoms with Crippen LogP contribution in [0.25, 0.3) is 0 Å². The van der Waals surface area contributed by atoms with Crippen LogP contribution in [-0.4, -0.2) is 6.54 Å². The van der Waals surface area contributed by atoms with E-state index in [1.54, 1.807) is 0 Å². The van der Waals surface area contributed by atoms with Crippen molar-refractivity contribution in [2.45, 2.75) is 26.3 Å². The zero-order valence-corrected chi connectivity index (χ0v) is 15.0. The van der Waals surface area contributed by atoms with Crippen LogP contribution in [0.4, 0.5) is 0 Å². The second-order valence-electron chi connectivity index (χ2n) is 4.52. The summed E-state index contributed by atoms with van der Waals surface area (Å²) in [6.45, 7) is 5.31. The van der Waals surface area contributed by atoms with Gasteiger partial charge >= 0.3 is 0 Å². The molecule has 0 amide bonds. The Morgan fingerprint density at radius 1 is 1.21 bits per heavy atom. The Bertz CT molecular complexity index is 551. The van der Waals surface area contributed by atoms with Crippen molar-refractivity contribution in [3.8, 4) is 0 Å². The molecule has 0 bridgehead atoms. The second kappa shape index (κ2) is 7.02. The van der Waals surface area contributed by atoms with Gasteiger partial charge in [-0.05, 0) is 64.8 Å². The minimum Gasteiger partial charge on any atom is -0.310 e. The van der Waals surface area contributed by atoms with E-state index in [2.05, 4.69) is 81.4 Å². The first-order chi connectivity index (χ1) is 9.10. The normalized spacial score (nSPS) is 12.6. The molecule has 1 unspecified atom stereocenters. The van der Waals surface area contributed by atoms with Crippen LogP contribution in [-0.2, 0) is 6.42 Å². The van der Waals surface area contributed by atoms with E-state index in [1.807, 2.05) is 11.3 Å². The molecule has 1 aromatic carbocycles. The molecule has 0 aliphatic heterocycles. The molecule has 0 fully saturated rings. The van der Waals surface area contributed by atoms with Gasteiger partial charge in [-0.15, -0.1) is 11.3 Å². The summed E-state index contributed by atoms with van der Waals surface area (Å²) < 4.78 is 2.34. The first kappa shape index (κ1) is 15.2. The highest BCUT2D eigenvalue weighted by Crippen LogP contribution is 2.29. The van der Waals surface area contributed by atoms with Gasteiger partial charge in [0.15, 0.2) is 0 Å². The summed E-state index contributed by atoms with van der Waals surface area (Å²) in [6.07, 6.45) is 1.03. The lowest BCUT2D eigenvalue weighted by molar-refractivity contribution is 0.551. The van der Waals surface area contributed by atoms with E-state index in [0.717, 1.165) is 17.4 Å². The van der Waals surface area contributed by atoms with E-state index in [9.17, 15) is 0 Å². The molecule has 1 aromatic heterocycles. The van der Waals surface area contributed by atoms with E-state index in [-0.39, 0.29) is 0 Å². The largest absolute Gasteiger partial charge is 0.310 e.